The highest BCUT2D eigenvalue weighted by atomic mass is 28.2. The van der Waals surface area contributed by atoms with Crippen LogP contribution in [0.3, 0.4) is 0 Å². The molecule has 0 fully saturated rings. The molecule has 0 amide bonds. The maximum Gasteiger partial charge on any atom is 0.0899 e. The van der Waals surface area contributed by atoms with Gasteiger partial charge in [-0.1, -0.05) is 0 Å². The lowest BCUT2D eigenvalue weighted by molar-refractivity contribution is -0.0775. The lowest BCUT2D eigenvalue weighted by atomic mass is 10.2. The van der Waals surface area contributed by atoms with Crippen molar-refractivity contribution in [2.45, 2.75) is 23.1 Å². The van der Waals surface area contributed by atoms with Gasteiger partial charge in [0, 0.05) is 30.7 Å². The van der Waals surface area contributed by atoms with Crippen molar-refractivity contribution in [1.82, 2.24) is 0 Å². The van der Waals surface area contributed by atoms with Crippen molar-refractivity contribution in [3.8, 4) is 0 Å². The van der Waals surface area contributed by atoms with E-state index in [4.69, 9.17) is 5.11 Å². The minimum Gasteiger partial charge on any atom is -0.395 e. The Labute approximate surface area is 69.7 Å². The summed E-state index contributed by atoms with van der Waals surface area (Å²) in [5.41, 5.74) is -0.702. The summed E-state index contributed by atoms with van der Waals surface area (Å²) in [7, 11) is 1.41. The van der Waals surface area contributed by atoms with Crippen molar-refractivity contribution in [2.24, 2.45) is 0 Å². The molecule has 0 aromatic carbocycles. The number of rotatable bonds is 2. The zero-order valence-electron chi connectivity index (χ0n) is 6.92. The normalized spacial score (nSPS) is 27.6. The summed E-state index contributed by atoms with van der Waals surface area (Å²) in [6, 6.07) is 0. The molecule has 0 bridgehead atoms. The molecule has 0 saturated carbocycles. The van der Waals surface area contributed by atoms with E-state index in [9.17, 15) is 10.2 Å². The van der Waals surface area contributed by atoms with Crippen LogP contribution < -0.4 is 0 Å². The topological polar surface area (TPSA) is 60.7 Å². The van der Waals surface area contributed by atoms with E-state index in [1.807, 2.05) is 0 Å². The van der Waals surface area contributed by atoms with Crippen LogP contribution in [0.15, 0.2) is 0 Å². The molecule has 0 aromatic heterocycles. The molecule has 0 aliphatic rings. The predicted octanol–water partition coefficient (Wildman–Crippen LogP) is -5.20. The monoisotopic (exact) mass is 196 g/mol. The number of aliphatic hydroxyl groups excluding tert-OH is 1. The minimum atomic E-state index is -1.19. The summed E-state index contributed by atoms with van der Waals surface area (Å²) < 4.78 is 0. The fourth-order valence-corrected chi connectivity index (χ4v) is 2.21. The molecule has 3 nitrogen and oxygen atoms in total. The molecule has 0 radical (unpaired) electrons. The molecule has 0 aliphatic carbocycles. The minimum absolute atomic E-state index is 0.417. The van der Waals surface area contributed by atoms with E-state index >= 15 is 0 Å². The van der Waals surface area contributed by atoms with Gasteiger partial charge in [0.15, 0.2) is 0 Å². The Balaban J connectivity index is 4.40. The van der Waals surface area contributed by atoms with Crippen LogP contribution >= 0.6 is 0 Å². The molecule has 10 heavy (non-hydrogen) atoms. The van der Waals surface area contributed by atoms with Gasteiger partial charge < -0.3 is 15.3 Å². The van der Waals surface area contributed by atoms with Crippen molar-refractivity contribution in [1.29, 1.82) is 0 Å². The zero-order valence-corrected chi connectivity index (χ0v) is 12.9. The second-order valence-corrected chi connectivity index (χ2v) is 7.95. The molecule has 0 rings (SSSR count). The van der Waals surface area contributed by atoms with Crippen LogP contribution in [-0.2, 0) is 0 Å². The van der Waals surface area contributed by atoms with Crippen molar-refractivity contribution in [3.05, 3.63) is 0 Å². The first-order valence-electron chi connectivity index (χ1n) is 3.32. The first kappa shape index (κ1) is 10.5. The van der Waals surface area contributed by atoms with Gasteiger partial charge in [0.05, 0.1) is 16.2 Å². The Hall–Kier alpha value is 0.531. The fraction of sp³-hybridized carbons (Fsp3) is 1.00. The van der Waals surface area contributed by atoms with Crippen LogP contribution in [0.5, 0.6) is 0 Å². The predicted molar refractivity (Wildman–Crippen MR) is 51.4 cm³/mol. The number of aliphatic hydroxyl groups is 3. The molecular formula is C4H16O3Si3. The maximum atomic E-state index is 9.56. The summed E-state index contributed by atoms with van der Waals surface area (Å²) in [5.74, 6) is 0. The summed E-state index contributed by atoms with van der Waals surface area (Å²) >= 11 is 0. The molecule has 0 heterocycles. The fourth-order valence-electron chi connectivity index (χ4n) is 0.511. The van der Waals surface area contributed by atoms with Crippen LogP contribution in [0.25, 0.3) is 0 Å². The Bertz CT molecular complexity index is 117. The van der Waals surface area contributed by atoms with Gasteiger partial charge in [0.2, 0.25) is 0 Å². The molecular weight excluding hydrogens is 180 g/mol. The lowest BCUT2D eigenvalue weighted by Crippen LogP contribution is -2.61. The van der Waals surface area contributed by atoms with Crippen molar-refractivity contribution < 1.29 is 15.3 Å². The molecule has 6 heteroatoms. The van der Waals surface area contributed by atoms with Gasteiger partial charge in [0.25, 0.3) is 0 Å². The Morgan fingerprint density at radius 2 is 1.60 bits per heavy atom. The molecule has 0 aliphatic heterocycles. The van der Waals surface area contributed by atoms with Crippen molar-refractivity contribution in [3.63, 3.8) is 0 Å². The number of hydrogen-bond donors (Lipinski definition) is 3. The third-order valence-corrected chi connectivity index (χ3v) is 8.40. The third-order valence-electron chi connectivity index (χ3n) is 2.05. The van der Waals surface area contributed by atoms with Gasteiger partial charge in [-0.3, -0.25) is 0 Å². The van der Waals surface area contributed by atoms with Crippen LogP contribution in [0, 0.1) is 0 Å². The van der Waals surface area contributed by atoms with E-state index in [1.165, 1.54) is 0 Å². The highest BCUT2D eigenvalue weighted by Gasteiger charge is 2.40. The molecule has 0 spiro atoms. The summed E-state index contributed by atoms with van der Waals surface area (Å²) in [4.78, 5) is 0. The standard InChI is InChI=1S/C4H16O3Si3/c1-3(6,9)4(7,10)2(5)8/h2,5-7H,1,8-10H3. The van der Waals surface area contributed by atoms with Crippen LogP contribution in [0.4, 0.5) is 0 Å². The summed E-state index contributed by atoms with van der Waals surface area (Å²) in [5, 5.41) is 25.9. The van der Waals surface area contributed by atoms with E-state index in [0.29, 0.717) is 30.7 Å². The molecule has 3 unspecified atom stereocenters. The quantitative estimate of drug-likeness (QED) is 0.387. The highest BCUT2D eigenvalue weighted by molar-refractivity contribution is 6.29. The van der Waals surface area contributed by atoms with Gasteiger partial charge in [-0.05, 0) is 6.92 Å². The molecule has 62 valence electrons. The number of hydrogen-bond acceptors (Lipinski definition) is 3. The Morgan fingerprint density at radius 1 is 1.30 bits per heavy atom. The second kappa shape index (κ2) is 2.88. The van der Waals surface area contributed by atoms with Crippen molar-refractivity contribution in [2.75, 3.05) is 0 Å². The molecule has 0 aromatic rings. The smallest absolute Gasteiger partial charge is 0.0899 e. The van der Waals surface area contributed by atoms with Gasteiger partial charge >= 0.3 is 0 Å². The molecule has 3 atom stereocenters. The van der Waals surface area contributed by atoms with Crippen LogP contribution in [0.2, 0.25) is 0 Å². The Morgan fingerprint density at radius 3 is 1.60 bits per heavy atom. The van der Waals surface area contributed by atoms with E-state index in [0.717, 1.165) is 0 Å². The first-order chi connectivity index (χ1) is 4.19. The van der Waals surface area contributed by atoms with Gasteiger partial charge in [0.1, 0.15) is 0 Å². The van der Waals surface area contributed by atoms with Crippen LogP contribution in [0.1, 0.15) is 6.92 Å². The van der Waals surface area contributed by atoms with E-state index in [-0.39, 0.29) is 0 Å². The molecule has 3 N–H and O–H groups in total. The Kier molecular flexibility index (Phi) is 3.03. The van der Waals surface area contributed by atoms with E-state index < -0.39 is 16.2 Å². The second-order valence-electron chi connectivity index (χ2n) is 3.38. The highest BCUT2D eigenvalue weighted by Crippen LogP contribution is 2.17. The lowest BCUT2D eigenvalue weighted by Gasteiger charge is -2.38. The van der Waals surface area contributed by atoms with Gasteiger partial charge in [-0.25, -0.2) is 0 Å². The van der Waals surface area contributed by atoms with E-state index in [2.05, 4.69) is 0 Å². The summed E-state index contributed by atoms with van der Waals surface area (Å²) in [6.07, 6.45) is 0. The van der Waals surface area contributed by atoms with Gasteiger partial charge in [-0.2, -0.15) is 0 Å². The SMILES string of the molecule is CC(O)([SiH3])C(O)([SiH3])C(O)[SiH3]. The van der Waals surface area contributed by atoms with Crippen molar-refractivity contribution >= 4 is 30.7 Å². The van der Waals surface area contributed by atoms with E-state index in [1.54, 1.807) is 6.92 Å². The van der Waals surface area contributed by atoms with Crippen LogP contribution in [-0.4, -0.2) is 62.2 Å². The zero-order chi connectivity index (χ0) is 8.58. The summed E-state index contributed by atoms with van der Waals surface area (Å²) in [6.45, 7) is 1.58. The largest absolute Gasteiger partial charge is 0.395 e. The van der Waals surface area contributed by atoms with Gasteiger partial charge in [-0.15, -0.1) is 0 Å². The molecule has 0 saturated heterocycles. The maximum absolute atomic E-state index is 9.56. The average Bonchev–Trinajstić information content (AvgIpc) is 1.62. The average molecular weight is 196 g/mol. The first-order valence-corrected chi connectivity index (χ1v) is 6.48. The third kappa shape index (κ3) is 2.01.